The number of hydrogen-bond donors (Lipinski definition) is 2. The fourth-order valence-corrected chi connectivity index (χ4v) is 2.94. The summed E-state index contributed by atoms with van der Waals surface area (Å²) in [5.74, 6) is -2.94. The van der Waals surface area contributed by atoms with Gasteiger partial charge in [0.25, 0.3) is 5.92 Å². The van der Waals surface area contributed by atoms with Crippen LogP contribution < -0.4 is 5.32 Å². The van der Waals surface area contributed by atoms with Gasteiger partial charge in [0.05, 0.1) is 6.10 Å². The number of anilines is 1. The Morgan fingerprint density at radius 3 is 2.75 bits per heavy atom. The maximum absolute atomic E-state index is 13.4. The van der Waals surface area contributed by atoms with Crippen molar-refractivity contribution < 1.29 is 18.7 Å². The first kappa shape index (κ1) is 18.6. The van der Waals surface area contributed by atoms with Crippen molar-refractivity contribution in [2.45, 2.75) is 38.8 Å². The number of rotatable bonds is 4. The predicted octanol–water partition coefficient (Wildman–Crippen LogP) is 2.72. The van der Waals surface area contributed by atoms with Crippen LogP contribution in [0.2, 0.25) is 0 Å². The van der Waals surface area contributed by atoms with Crippen LogP contribution in [0.15, 0.2) is 24.3 Å². The Bertz CT molecular complexity index is 575. The van der Waals surface area contributed by atoms with Crippen LogP contribution >= 0.6 is 0 Å². The lowest BCUT2D eigenvalue weighted by atomic mass is 10.1. The van der Waals surface area contributed by atoms with Crippen molar-refractivity contribution in [3.63, 3.8) is 0 Å². The van der Waals surface area contributed by atoms with E-state index in [-0.39, 0.29) is 17.6 Å². The highest BCUT2D eigenvalue weighted by Crippen LogP contribution is 2.28. The fraction of sp³-hybridized carbons (Fsp3) is 0.588. The zero-order valence-electron chi connectivity index (χ0n) is 14.3. The summed E-state index contributed by atoms with van der Waals surface area (Å²) in [6, 6.07) is 5.43. The van der Waals surface area contributed by atoms with E-state index in [1.165, 1.54) is 18.2 Å². The summed E-state index contributed by atoms with van der Waals surface area (Å²) in [5, 5.41) is 12.2. The molecular weight excluding hydrogens is 316 g/mol. The Balaban J connectivity index is 1.98. The maximum atomic E-state index is 13.4. The fourth-order valence-electron chi connectivity index (χ4n) is 2.94. The largest absolute Gasteiger partial charge is 0.392 e. The van der Waals surface area contributed by atoms with E-state index in [9.17, 15) is 18.7 Å². The zero-order valence-corrected chi connectivity index (χ0v) is 14.3. The minimum absolute atomic E-state index is 0.0201. The monoisotopic (exact) mass is 341 g/mol. The first-order valence-electron chi connectivity index (χ1n) is 8.13. The number of halogens is 2. The first-order chi connectivity index (χ1) is 11.2. The van der Waals surface area contributed by atoms with E-state index >= 15 is 0 Å². The Morgan fingerprint density at radius 1 is 1.46 bits per heavy atom. The topological polar surface area (TPSA) is 55.8 Å². The standard InChI is InChI=1S/C17H25F2N3O2/c1-12-10-21(11-13(2)23)7-8-22(12)16(24)20-15-6-4-5-14(9-15)17(3,18)19/h4-6,9,12-13,23H,7-8,10-11H2,1-3H3,(H,20,24)/t12-,13+/m1/s1. The number of alkyl halides is 2. The summed E-state index contributed by atoms with van der Waals surface area (Å²) in [4.78, 5) is 16.2. The number of hydrogen-bond acceptors (Lipinski definition) is 3. The van der Waals surface area contributed by atoms with Crippen molar-refractivity contribution in [3.05, 3.63) is 29.8 Å². The third-order valence-electron chi connectivity index (χ3n) is 4.12. The van der Waals surface area contributed by atoms with Crippen molar-refractivity contribution in [1.29, 1.82) is 0 Å². The van der Waals surface area contributed by atoms with Gasteiger partial charge in [-0.2, -0.15) is 0 Å². The molecule has 0 aromatic heterocycles. The molecule has 1 aliphatic heterocycles. The second-order valence-corrected chi connectivity index (χ2v) is 6.55. The van der Waals surface area contributed by atoms with E-state index in [1.54, 1.807) is 17.9 Å². The van der Waals surface area contributed by atoms with Crippen LogP contribution in [0, 0.1) is 0 Å². The molecule has 0 saturated carbocycles. The van der Waals surface area contributed by atoms with Crippen molar-refractivity contribution >= 4 is 11.7 Å². The van der Waals surface area contributed by atoms with Gasteiger partial charge in [0.1, 0.15) is 0 Å². The molecule has 1 aromatic carbocycles. The minimum Gasteiger partial charge on any atom is -0.392 e. The summed E-state index contributed by atoms with van der Waals surface area (Å²) in [6.45, 7) is 6.96. The van der Waals surface area contributed by atoms with Gasteiger partial charge in [-0.05, 0) is 26.0 Å². The van der Waals surface area contributed by atoms with Crippen LogP contribution in [-0.4, -0.2) is 59.3 Å². The minimum atomic E-state index is -2.94. The average molecular weight is 341 g/mol. The molecule has 2 rings (SSSR count). The van der Waals surface area contributed by atoms with E-state index in [2.05, 4.69) is 10.2 Å². The number of benzene rings is 1. The molecule has 1 fully saturated rings. The highest BCUT2D eigenvalue weighted by molar-refractivity contribution is 5.89. The Kier molecular flexibility index (Phi) is 5.77. The Hall–Kier alpha value is -1.73. The van der Waals surface area contributed by atoms with Crippen molar-refractivity contribution in [2.24, 2.45) is 0 Å². The molecule has 1 heterocycles. The number of carbonyl (C=O) groups is 1. The van der Waals surface area contributed by atoms with Gasteiger partial charge in [0.2, 0.25) is 0 Å². The van der Waals surface area contributed by atoms with E-state index in [0.29, 0.717) is 31.9 Å². The molecule has 2 amide bonds. The highest BCUT2D eigenvalue weighted by Gasteiger charge is 2.28. The second kappa shape index (κ2) is 7.44. The molecule has 1 aliphatic rings. The van der Waals surface area contributed by atoms with Crippen LogP contribution in [0.4, 0.5) is 19.3 Å². The van der Waals surface area contributed by atoms with Crippen LogP contribution in [0.5, 0.6) is 0 Å². The first-order valence-corrected chi connectivity index (χ1v) is 8.13. The molecule has 1 saturated heterocycles. The summed E-state index contributed by atoms with van der Waals surface area (Å²) in [6.07, 6.45) is -0.406. The molecule has 2 atom stereocenters. The molecule has 0 spiro atoms. The van der Waals surface area contributed by atoms with Crippen LogP contribution in [0.3, 0.4) is 0 Å². The van der Waals surface area contributed by atoms with Crippen molar-refractivity contribution in [3.8, 4) is 0 Å². The van der Waals surface area contributed by atoms with Crippen LogP contribution in [0.1, 0.15) is 26.3 Å². The van der Waals surface area contributed by atoms with Gasteiger partial charge in [-0.1, -0.05) is 12.1 Å². The van der Waals surface area contributed by atoms with E-state index in [4.69, 9.17) is 0 Å². The summed E-state index contributed by atoms with van der Waals surface area (Å²) in [7, 11) is 0. The Morgan fingerprint density at radius 2 is 2.17 bits per heavy atom. The van der Waals surface area contributed by atoms with Crippen LogP contribution in [0.25, 0.3) is 0 Å². The summed E-state index contributed by atoms with van der Waals surface area (Å²) in [5.41, 5.74) is 0.229. The summed E-state index contributed by atoms with van der Waals surface area (Å²) < 4.78 is 26.8. The number of carbonyl (C=O) groups excluding carboxylic acids is 1. The highest BCUT2D eigenvalue weighted by atomic mass is 19.3. The predicted molar refractivity (Wildman–Crippen MR) is 89.3 cm³/mol. The average Bonchev–Trinajstić information content (AvgIpc) is 2.46. The number of piperazine rings is 1. The lowest BCUT2D eigenvalue weighted by Crippen LogP contribution is -2.56. The van der Waals surface area contributed by atoms with Gasteiger partial charge >= 0.3 is 6.03 Å². The quantitative estimate of drug-likeness (QED) is 0.885. The lowest BCUT2D eigenvalue weighted by molar-refractivity contribution is 0.0175. The molecule has 0 bridgehead atoms. The third-order valence-corrected chi connectivity index (χ3v) is 4.12. The molecular formula is C17H25F2N3O2. The van der Waals surface area contributed by atoms with Crippen molar-refractivity contribution in [1.82, 2.24) is 9.80 Å². The number of nitrogens with one attached hydrogen (secondary N) is 1. The molecule has 24 heavy (non-hydrogen) atoms. The molecule has 0 radical (unpaired) electrons. The normalized spacial score (nSPS) is 20.8. The number of amides is 2. The molecule has 0 unspecified atom stereocenters. The number of nitrogens with zero attached hydrogens (tertiary/aromatic N) is 2. The molecule has 0 aliphatic carbocycles. The summed E-state index contributed by atoms with van der Waals surface area (Å²) >= 11 is 0. The van der Waals surface area contributed by atoms with Gasteiger partial charge in [-0.3, -0.25) is 4.90 Å². The van der Waals surface area contributed by atoms with Gasteiger partial charge in [0, 0.05) is 50.4 Å². The number of β-amino-alcohol motifs (C(OH)–C–C–N with tert-alkyl or cyclic N) is 1. The molecule has 7 heteroatoms. The Labute approximate surface area is 141 Å². The molecule has 134 valence electrons. The number of aliphatic hydroxyl groups is 1. The van der Waals surface area contributed by atoms with E-state index in [0.717, 1.165) is 6.92 Å². The second-order valence-electron chi connectivity index (χ2n) is 6.55. The van der Waals surface area contributed by atoms with E-state index < -0.39 is 12.0 Å². The van der Waals surface area contributed by atoms with Crippen molar-refractivity contribution in [2.75, 3.05) is 31.5 Å². The molecule has 5 nitrogen and oxygen atoms in total. The number of urea groups is 1. The van der Waals surface area contributed by atoms with Gasteiger partial charge in [-0.25, -0.2) is 13.6 Å². The third kappa shape index (κ3) is 4.88. The zero-order chi connectivity index (χ0) is 17.9. The number of aliphatic hydroxyl groups excluding tert-OH is 1. The van der Waals surface area contributed by atoms with E-state index in [1.807, 2.05) is 6.92 Å². The maximum Gasteiger partial charge on any atom is 0.322 e. The molecule has 1 aromatic rings. The van der Waals surface area contributed by atoms with Crippen LogP contribution in [-0.2, 0) is 5.92 Å². The van der Waals surface area contributed by atoms with Gasteiger partial charge in [-0.15, -0.1) is 0 Å². The van der Waals surface area contributed by atoms with Gasteiger partial charge in [0.15, 0.2) is 0 Å². The van der Waals surface area contributed by atoms with Gasteiger partial charge < -0.3 is 15.3 Å². The smallest absolute Gasteiger partial charge is 0.322 e. The molecule has 2 N–H and O–H groups in total. The lowest BCUT2D eigenvalue weighted by Gasteiger charge is -2.40. The SMILES string of the molecule is C[C@H](O)CN1CCN(C(=O)Nc2cccc(C(C)(F)F)c2)[C@H](C)C1.